The molecule has 1 aliphatic rings. The van der Waals surface area contributed by atoms with Crippen LogP contribution in [0.1, 0.15) is 5.56 Å². The van der Waals surface area contributed by atoms with Crippen LogP contribution >= 0.6 is 0 Å². The van der Waals surface area contributed by atoms with Crippen molar-refractivity contribution in [2.24, 2.45) is 0 Å². The second kappa shape index (κ2) is 6.88. The predicted molar refractivity (Wildman–Crippen MR) is 87.5 cm³/mol. The maximum Gasteiger partial charge on any atom is 0.218 e. The minimum absolute atomic E-state index is 0.0129. The second-order valence-corrected chi connectivity index (χ2v) is 7.71. The van der Waals surface area contributed by atoms with Crippen LogP contribution in [0.5, 0.6) is 5.75 Å². The van der Waals surface area contributed by atoms with E-state index in [1.54, 1.807) is 24.3 Å². The van der Waals surface area contributed by atoms with E-state index in [0.29, 0.717) is 11.3 Å². The molecule has 24 heavy (non-hydrogen) atoms. The molecule has 1 N–H and O–H groups in total. The van der Waals surface area contributed by atoms with Crippen LogP contribution in [0.2, 0.25) is 0 Å². The van der Waals surface area contributed by atoms with Gasteiger partial charge in [0.1, 0.15) is 23.8 Å². The van der Waals surface area contributed by atoms with E-state index in [0.717, 1.165) is 0 Å². The molecule has 128 valence electrons. The number of ether oxygens (including phenoxy) is 1. The van der Waals surface area contributed by atoms with E-state index in [1.165, 1.54) is 28.6 Å². The van der Waals surface area contributed by atoms with Crippen molar-refractivity contribution in [1.82, 2.24) is 4.31 Å². The Morgan fingerprint density at radius 2 is 1.75 bits per heavy atom. The van der Waals surface area contributed by atoms with E-state index >= 15 is 0 Å². The van der Waals surface area contributed by atoms with Crippen molar-refractivity contribution in [1.29, 1.82) is 0 Å². The number of aliphatic hydroxyl groups excluding tert-OH is 1. The number of nitrogens with zero attached hydrogens (tertiary/aromatic N) is 1. The third-order valence-electron chi connectivity index (χ3n) is 3.89. The first-order chi connectivity index (χ1) is 11.4. The molecule has 5 nitrogen and oxygen atoms in total. The van der Waals surface area contributed by atoms with Crippen molar-refractivity contribution in [3.63, 3.8) is 0 Å². The van der Waals surface area contributed by atoms with Gasteiger partial charge >= 0.3 is 0 Å². The molecule has 1 saturated heterocycles. The first kappa shape index (κ1) is 16.9. The van der Waals surface area contributed by atoms with Crippen molar-refractivity contribution in [2.45, 2.75) is 18.0 Å². The van der Waals surface area contributed by atoms with E-state index < -0.39 is 28.0 Å². The SMILES string of the molecule is O=S(=O)(Cc1ccc(F)cc1)N1C[C@@H](O)[C@H](Oc2ccccc2)C1. The molecular formula is C17H18FNO4S. The average Bonchev–Trinajstić information content (AvgIpc) is 2.92. The Morgan fingerprint density at radius 1 is 1.08 bits per heavy atom. The summed E-state index contributed by atoms with van der Waals surface area (Å²) in [4.78, 5) is 0. The lowest BCUT2D eigenvalue weighted by atomic mass is 10.2. The smallest absolute Gasteiger partial charge is 0.218 e. The molecule has 2 atom stereocenters. The minimum Gasteiger partial charge on any atom is -0.486 e. The molecular weight excluding hydrogens is 333 g/mol. The first-order valence-electron chi connectivity index (χ1n) is 7.56. The molecule has 0 unspecified atom stereocenters. The summed E-state index contributed by atoms with van der Waals surface area (Å²) in [6, 6.07) is 14.3. The van der Waals surface area contributed by atoms with Crippen molar-refractivity contribution in [2.75, 3.05) is 13.1 Å². The van der Waals surface area contributed by atoms with Crippen molar-refractivity contribution in [3.05, 3.63) is 66.0 Å². The quantitative estimate of drug-likeness (QED) is 0.892. The van der Waals surface area contributed by atoms with Gasteiger partial charge in [-0.25, -0.2) is 12.8 Å². The number of hydrogen-bond donors (Lipinski definition) is 1. The van der Waals surface area contributed by atoms with Crippen LogP contribution in [-0.4, -0.2) is 43.1 Å². The zero-order valence-electron chi connectivity index (χ0n) is 12.9. The standard InChI is InChI=1S/C17H18FNO4S/c18-14-8-6-13(7-9-14)12-24(21,22)19-10-16(20)17(11-19)23-15-4-2-1-3-5-15/h1-9,16-17,20H,10-12H2/t16-,17-/m1/s1. The molecule has 0 bridgehead atoms. The largest absolute Gasteiger partial charge is 0.486 e. The maximum atomic E-state index is 12.9. The van der Waals surface area contributed by atoms with Gasteiger partial charge in [-0.2, -0.15) is 4.31 Å². The van der Waals surface area contributed by atoms with Crippen LogP contribution in [0.25, 0.3) is 0 Å². The highest BCUT2D eigenvalue weighted by atomic mass is 32.2. The van der Waals surface area contributed by atoms with Gasteiger partial charge in [0, 0.05) is 6.54 Å². The molecule has 0 aromatic heterocycles. The summed E-state index contributed by atoms with van der Waals surface area (Å²) in [6.45, 7) is 0.0701. The molecule has 2 aromatic carbocycles. The number of hydrogen-bond acceptors (Lipinski definition) is 4. The topological polar surface area (TPSA) is 66.8 Å². The molecule has 1 aliphatic heterocycles. The highest BCUT2D eigenvalue weighted by molar-refractivity contribution is 7.88. The number of sulfonamides is 1. The Labute approximate surface area is 140 Å². The van der Waals surface area contributed by atoms with Gasteiger partial charge in [-0.1, -0.05) is 30.3 Å². The summed E-state index contributed by atoms with van der Waals surface area (Å²) in [5, 5.41) is 10.1. The van der Waals surface area contributed by atoms with E-state index in [4.69, 9.17) is 4.74 Å². The van der Waals surface area contributed by atoms with Gasteiger partial charge in [0.25, 0.3) is 0 Å². The van der Waals surface area contributed by atoms with E-state index in [-0.39, 0.29) is 18.8 Å². The number of aliphatic hydroxyl groups is 1. The van der Waals surface area contributed by atoms with Crippen molar-refractivity contribution in [3.8, 4) is 5.75 Å². The number of β-amino-alcohol motifs (C(OH)–C–C–N with tert-alkyl or cyclic N) is 1. The Morgan fingerprint density at radius 3 is 2.42 bits per heavy atom. The fourth-order valence-electron chi connectivity index (χ4n) is 2.62. The summed E-state index contributed by atoms with van der Waals surface area (Å²) < 4.78 is 44.8. The summed E-state index contributed by atoms with van der Waals surface area (Å²) in [7, 11) is -3.61. The molecule has 0 spiro atoms. The zero-order chi connectivity index (χ0) is 17.2. The van der Waals surface area contributed by atoms with Crippen molar-refractivity contribution >= 4 is 10.0 Å². The highest BCUT2D eigenvalue weighted by Crippen LogP contribution is 2.22. The predicted octanol–water partition coefficient (Wildman–Crippen LogP) is 1.78. The van der Waals surface area contributed by atoms with Crippen LogP contribution < -0.4 is 4.74 Å². The third kappa shape index (κ3) is 3.92. The van der Waals surface area contributed by atoms with Crippen LogP contribution in [0, 0.1) is 5.82 Å². The van der Waals surface area contributed by atoms with Gasteiger partial charge in [0.05, 0.1) is 12.3 Å². The first-order valence-corrected chi connectivity index (χ1v) is 9.17. The third-order valence-corrected chi connectivity index (χ3v) is 5.67. The molecule has 0 amide bonds. The Kier molecular flexibility index (Phi) is 4.84. The maximum absolute atomic E-state index is 12.9. The van der Waals surface area contributed by atoms with Crippen molar-refractivity contribution < 1.29 is 22.7 Å². The molecule has 0 aliphatic carbocycles. The van der Waals surface area contributed by atoms with E-state index in [1.807, 2.05) is 6.07 Å². The molecule has 2 aromatic rings. The van der Waals surface area contributed by atoms with Gasteiger partial charge in [-0.3, -0.25) is 0 Å². The van der Waals surface area contributed by atoms with Gasteiger partial charge in [0.2, 0.25) is 10.0 Å². The Balaban J connectivity index is 1.67. The van der Waals surface area contributed by atoms with Gasteiger partial charge in [0.15, 0.2) is 0 Å². The molecule has 0 radical (unpaired) electrons. The number of halogens is 1. The fraction of sp³-hybridized carbons (Fsp3) is 0.294. The molecule has 0 saturated carbocycles. The lowest BCUT2D eigenvalue weighted by Gasteiger charge is -2.17. The van der Waals surface area contributed by atoms with Crippen LogP contribution in [-0.2, 0) is 15.8 Å². The van der Waals surface area contributed by atoms with Gasteiger partial charge in [-0.15, -0.1) is 0 Å². The fourth-order valence-corrected chi connectivity index (χ4v) is 4.17. The molecule has 1 heterocycles. The summed E-state index contributed by atoms with van der Waals surface area (Å²) >= 11 is 0. The number of para-hydroxylation sites is 1. The van der Waals surface area contributed by atoms with Gasteiger partial charge < -0.3 is 9.84 Å². The average molecular weight is 351 g/mol. The van der Waals surface area contributed by atoms with E-state index in [2.05, 4.69) is 0 Å². The molecule has 7 heteroatoms. The van der Waals surface area contributed by atoms with Gasteiger partial charge in [-0.05, 0) is 29.8 Å². The Hall–Kier alpha value is -1.96. The van der Waals surface area contributed by atoms with Crippen LogP contribution in [0.3, 0.4) is 0 Å². The summed E-state index contributed by atoms with van der Waals surface area (Å²) in [6.07, 6.45) is -1.51. The minimum atomic E-state index is -3.61. The normalized spacial score (nSPS) is 21.8. The second-order valence-electron chi connectivity index (χ2n) is 5.74. The molecule has 1 fully saturated rings. The van der Waals surface area contributed by atoms with E-state index in [9.17, 15) is 17.9 Å². The monoisotopic (exact) mass is 351 g/mol. The summed E-state index contributed by atoms with van der Waals surface area (Å²) in [5.41, 5.74) is 0.498. The van der Waals surface area contributed by atoms with Crippen LogP contribution in [0.15, 0.2) is 54.6 Å². The highest BCUT2D eigenvalue weighted by Gasteiger charge is 2.39. The number of benzene rings is 2. The van der Waals surface area contributed by atoms with Crippen LogP contribution in [0.4, 0.5) is 4.39 Å². The number of rotatable bonds is 5. The molecule has 3 rings (SSSR count). The lowest BCUT2D eigenvalue weighted by molar-refractivity contribution is 0.0737. The lowest BCUT2D eigenvalue weighted by Crippen LogP contribution is -2.32. The zero-order valence-corrected chi connectivity index (χ0v) is 13.7. The Bertz CT molecular complexity index is 780. The summed E-state index contributed by atoms with van der Waals surface area (Å²) in [5.74, 6) is -0.0682.